The molecule has 2 aromatic carbocycles. The number of aromatic nitrogens is 2. The standard InChI is InChI=1S/C32H29FN4O5S/c1-36-28(38)13-20-12-22(16-34-30(20)36)25-10-9-24(42-18-33)15-26(25)27-17-43-32(35-27)37(23-7-8-23)31(41)21(14-29(39)40)11-19-5-3-2-4-6-19/h2-6,9-10,12,15-17,21,23H,7-8,11,13-14,18H2,1H3,(H,39,40)/t21-/m1/s1. The topological polar surface area (TPSA) is 113 Å². The van der Waals surface area contributed by atoms with E-state index >= 15 is 0 Å². The molecule has 0 unspecified atom stereocenters. The second kappa shape index (κ2) is 11.9. The summed E-state index contributed by atoms with van der Waals surface area (Å²) in [4.78, 5) is 50.5. The average Bonchev–Trinajstić information content (AvgIpc) is 3.64. The zero-order valence-electron chi connectivity index (χ0n) is 23.4. The van der Waals surface area contributed by atoms with E-state index in [1.165, 1.54) is 16.2 Å². The van der Waals surface area contributed by atoms with Crippen molar-refractivity contribution < 1.29 is 28.6 Å². The molecular formula is C32H29FN4O5S. The molecule has 2 amide bonds. The monoisotopic (exact) mass is 600 g/mol. The minimum atomic E-state index is -1.03. The van der Waals surface area contributed by atoms with Gasteiger partial charge in [-0.2, -0.15) is 0 Å². The minimum Gasteiger partial charge on any atom is -0.481 e. The Hall–Kier alpha value is -4.64. The van der Waals surface area contributed by atoms with Crippen LogP contribution in [0.5, 0.6) is 5.75 Å². The normalized spacial score (nSPS) is 14.8. The number of carbonyl (C=O) groups is 3. The van der Waals surface area contributed by atoms with Crippen LogP contribution in [-0.4, -0.2) is 52.8 Å². The molecule has 43 heavy (non-hydrogen) atoms. The number of thiazole rings is 1. The van der Waals surface area contributed by atoms with Gasteiger partial charge in [0, 0.05) is 41.4 Å². The number of likely N-dealkylation sites (N-methyl/N-ethyl adjacent to an activating group) is 1. The Labute approximate surface area is 251 Å². The second-order valence-electron chi connectivity index (χ2n) is 10.7. The minimum absolute atomic E-state index is 0.0333. The molecule has 6 rings (SSSR count). The first-order valence-electron chi connectivity index (χ1n) is 14.0. The van der Waals surface area contributed by atoms with E-state index in [1.54, 1.807) is 36.3 Å². The van der Waals surface area contributed by atoms with Gasteiger partial charge in [0.25, 0.3) is 0 Å². The number of ether oxygens (including phenoxy) is 1. The summed E-state index contributed by atoms with van der Waals surface area (Å²) in [6.07, 6.45) is 3.59. The fourth-order valence-electron chi connectivity index (χ4n) is 5.44. The van der Waals surface area contributed by atoms with Crippen LogP contribution in [-0.2, 0) is 27.2 Å². The summed E-state index contributed by atoms with van der Waals surface area (Å²) in [5, 5.41) is 11.9. The van der Waals surface area contributed by atoms with Gasteiger partial charge in [-0.15, -0.1) is 11.3 Å². The van der Waals surface area contributed by atoms with Crippen LogP contribution in [0.1, 0.15) is 30.4 Å². The van der Waals surface area contributed by atoms with E-state index in [4.69, 9.17) is 9.72 Å². The first-order chi connectivity index (χ1) is 20.8. The highest BCUT2D eigenvalue weighted by Crippen LogP contribution is 2.41. The number of alkyl halides is 1. The first kappa shape index (κ1) is 28.5. The van der Waals surface area contributed by atoms with Crippen LogP contribution in [0.4, 0.5) is 15.3 Å². The lowest BCUT2D eigenvalue weighted by Crippen LogP contribution is -2.39. The fourth-order valence-corrected chi connectivity index (χ4v) is 6.34. The van der Waals surface area contributed by atoms with E-state index in [9.17, 15) is 23.9 Å². The summed E-state index contributed by atoms with van der Waals surface area (Å²) in [5.41, 5.74) is 4.44. The summed E-state index contributed by atoms with van der Waals surface area (Å²) in [5.74, 6) is -1.14. The lowest BCUT2D eigenvalue weighted by atomic mass is 9.94. The van der Waals surface area contributed by atoms with Crippen LogP contribution < -0.4 is 14.5 Å². The van der Waals surface area contributed by atoms with Crippen molar-refractivity contribution >= 4 is 40.1 Å². The lowest BCUT2D eigenvalue weighted by Gasteiger charge is -2.25. The van der Waals surface area contributed by atoms with Gasteiger partial charge in [0.15, 0.2) is 5.13 Å². The Kier molecular flexibility index (Phi) is 7.90. The Bertz CT molecular complexity index is 1690. The number of rotatable bonds is 11. The highest BCUT2D eigenvalue weighted by molar-refractivity contribution is 7.14. The number of hydrogen-bond acceptors (Lipinski definition) is 7. The van der Waals surface area contributed by atoms with E-state index in [0.717, 1.165) is 35.1 Å². The summed E-state index contributed by atoms with van der Waals surface area (Å²) in [6.45, 7) is -0.994. The largest absolute Gasteiger partial charge is 0.481 e. The van der Waals surface area contributed by atoms with Gasteiger partial charge in [0.2, 0.25) is 18.7 Å². The van der Waals surface area contributed by atoms with Gasteiger partial charge in [-0.25, -0.2) is 14.4 Å². The van der Waals surface area contributed by atoms with E-state index in [2.05, 4.69) is 4.98 Å². The molecule has 220 valence electrons. The molecule has 1 fully saturated rings. The van der Waals surface area contributed by atoms with Crippen LogP contribution in [0.25, 0.3) is 22.4 Å². The van der Waals surface area contributed by atoms with Gasteiger partial charge in [-0.1, -0.05) is 30.3 Å². The number of anilines is 2. The molecule has 3 heterocycles. The number of carboxylic acid groups (broad SMARTS) is 1. The number of pyridine rings is 1. The highest BCUT2D eigenvalue weighted by atomic mass is 32.1. The number of benzene rings is 2. The van der Waals surface area contributed by atoms with Crippen molar-refractivity contribution in [1.82, 2.24) is 9.97 Å². The van der Waals surface area contributed by atoms with Gasteiger partial charge in [-0.3, -0.25) is 24.2 Å². The van der Waals surface area contributed by atoms with Crippen LogP contribution in [0.3, 0.4) is 0 Å². The van der Waals surface area contributed by atoms with Crippen molar-refractivity contribution in [2.45, 2.75) is 38.1 Å². The van der Waals surface area contributed by atoms with Gasteiger partial charge < -0.3 is 9.84 Å². The number of halogens is 1. The third kappa shape index (κ3) is 5.98. The Morgan fingerprint density at radius 2 is 1.95 bits per heavy atom. The zero-order chi connectivity index (χ0) is 30.1. The van der Waals surface area contributed by atoms with Gasteiger partial charge in [-0.05, 0) is 54.7 Å². The molecule has 2 aromatic heterocycles. The molecule has 0 bridgehead atoms. The maximum absolute atomic E-state index is 13.9. The molecule has 2 aliphatic rings. The molecule has 1 aliphatic carbocycles. The Morgan fingerprint density at radius 3 is 2.67 bits per heavy atom. The zero-order valence-corrected chi connectivity index (χ0v) is 24.2. The molecule has 0 radical (unpaired) electrons. The maximum atomic E-state index is 13.9. The van der Waals surface area contributed by atoms with Gasteiger partial charge in [0.1, 0.15) is 11.6 Å². The number of hydrogen-bond donors (Lipinski definition) is 1. The van der Waals surface area contributed by atoms with Crippen LogP contribution in [0.2, 0.25) is 0 Å². The van der Waals surface area contributed by atoms with Crippen molar-refractivity contribution in [1.29, 1.82) is 0 Å². The smallest absolute Gasteiger partial charge is 0.304 e. The van der Waals surface area contributed by atoms with E-state index in [-0.39, 0.29) is 30.7 Å². The third-order valence-corrected chi connectivity index (χ3v) is 8.56. The van der Waals surface area contributed by atoms with E-state index in [1.807, 2.05) is 41.8 Å². The predicted molar refractivity (Wildman–Crippen MR) is 161 cm³/mol. The number of amides is 2. The van der Waals surface area contributed by atoms with Crippen molar-refractivity contribution in [3.05, 3.63) is 77.3 Å². The molecule has 1 N–H and O–H groups in total. The fraction of sp³-hybridized carbons (Fsp3) is 0.281. The molecule has 9 nitrogen and oxygen atoms in total. The van der Waals surface area contributed by atoms with E-state index in [0.29, 0.717) is 34.4 Å². The summed E-state index contributed by atoms with van der Waals surface area (Å²) in [6, 6.07) is 16.4. The van der Waals surface area contributed by atoms with Crippen molar-refractivity contribution in [2.24, 2.45) is 5.92 Å². The average molecular weight is 601 g/mol. The Morgan fingerprint density at radius 1 is 1.16 bits per heavy atom. The predicted octanol–water partition coefficient (Wildman–Crippen LogP) is 5.53. The summed E-state index contributed by atoms with van der Waals surface area (Å²) >= 11 is 1.30. The van der Waals surface area contributed by atoms with Crippen molar-refractivity contribution in [3.63, 3.8) is 0 Å². The number of carbonyl (C=O) groups excluding carboxylic acids is 2. The molecule has 0 spiro atoms. The number of nitrogens with zero attached hydrogens (tertiary/aromatic N) is 4. The molecular weight excluding hydrogens is 571 g/mol. The number of aliphatic carboxylic acids is 1. The van der Waals surface area contributed by atoms with Crippen molar-refractivity contribution in [3.8, 4) is 28.1 Å². The van der Waals surface area contributed by atoms with Crippen LogP contribution in [0, 0.1) is 5.92 Å². The molecule has 0 saturated heterocycles. The molecule has 1 aliphatic heterocycles. The second-order valence-corrected chi connectivity index (χ2v) is 11.6. The van der Waals surface area contributed by atoms with Crippen LogP contribution >= 0.6 is 11.3 Å². The van der Waals surface area contributed by atoms with Gasteiger partial charge in [0.05, 0.1) is 24.5 Å². The lowest BCUT2D eigenvalue weighted by molar-refractivity contribution is -0.140. The van der Waals surface area contributed by atoms with Gasteiger partial charge >= 0.3 is 5.97 Å². The quantitative estimate of drug-likeness (QED) is 0.241. The highest BCUT2D eigenvalue weighted by Gasteiger charge is 2.39. The first-order valence-corrected chi connectivity index (χ1v) is 14.8. The summed E-state index contributed by atoms with van der Waals surface area (Å²) < 4.78 is 18.3. The van der Waals surface area contributed by atoms with Crippen molar-refractivity contribution in [2.75, 3.05) is 23.7 Å². The Balaban J connectivity index is 1.36. The maximum Gasteiger partial charge on any atom is 0.304 e. The molecule has 11 heteroatoms. The van der Waals surface area contributed by atoms with Crippen LogP contribution in [0.15, 0.2) is 66.2 Å². The molecule has 1 saturated carbocycles. The summed E-state index contributed by atoms with van der Waals surface area (Å²) in [7, 11) is 1.69. The third-order valence-electron chi connectivity index (χ3n) is 7.72. The SMILES string of the molecule is CN1C(=O)Cc2cc(-c3ccc(OCF)cc3-c3csc(N(C(=O)[C@@H](CC(=O)O)Cc4ccccc4)C4CC4)n3)cnc21. The molecule has 1 atom stereocenters. The number of carboxylic acids is 1. The number of fused-ring (bicyclic) bond motifs is 1. The van der Waals surface area contributed by atoms with E-state index < -0.39 is 18.7 Å². The molecule has 4 aromatic rings.